The van der Waals surface area contributed by atoms with Gasteiger partial charge in [0.1, 0.15) is 12.3 Å². The van der Waals surface area contributed by atoms with E-state index in [1.165, 1.54) is 11.5 Å². The average molecular weight is 409 g/mol. The van der Waals surface area contributed by atoms with Crippen LogP contribution in [-0.2, 0) is 16.1 Å². The summed E-state index contributed by atoms with van der Waals surface area (Å²) in [6.07, 6.45) is 1.74. The zero-order valence-corrected chi connectivity index (χ0v) is 17.0. The lowest BCUT2D eigenvalue weighted by atomic mass is 10.2. The van der Waals surface area contributed by atoms with Gasteiger partial charge in [0.25, 0.3) is 0 Å². The van der Waals surface area contributed by atoms with Crippen LogP contribution in [-0.4, -0.2) is 48.8 Å². The Kier molecular flexibility index (Phi) is 5.67. The highest BCUT2D eigenvalue weighted by Gasteiger charge is 2.23. The third-order valence-corrected chi connectivity index (χ3v) is 5.03. The fraction of sp³-hybridized carbons (Fsp3) is 0.318. The quantitative estimate of drug-likeness (QED) is 0.598. The van der Waals surface area contributed by atoms with Gasteiger partial charge in [-0.2, -0.15) is 0 Å². The number of esters is 1. The minimum Gasteiger partial charge on any atom is -0.481 e. The van der Waals surface area contributed by atoms with Gasteiger partial charge in [-0.15, -0.1) is 0 Å². The maximum atomic E-state index is 13.3. The number of carbonyl (C=O) groups is 1. The molecule has 4 rings (SSSR count). The topological polar surface area (TPSA) is 82.4 Å². The molecule has 0 bridgehead atoms. The first-order valence-corrected chi connectivity index (χ1v) is 9.73. The zero-order valence-electron chi connectivity index (χ0n) is 17.0. The smallest absolute Gasteiger partial charge is 0.360 e. The second-order valence-electron chi connectivity index (χ2n) is 7.03. The molecule has 0 aliphatic carbocycles. The van der Waals surface area contributed by atoms with Crippen molar-refractivity contribution in [2.45, 2.75) is 13.5 Å². The van der Waals surface area contributed by atoms with E-state index in [4.69, 9.17) is 14.2 Å². The Labute approximate surface area is 173 Å². The van der Waals surface area contributed by atoms with Crippen LogP contribution >= 0.6 is 0 Å². The van der Waals surface area contributed by atoms with Gasteiger partial charge in [-0.3, -0.25) is 9.20 Å². The summed E-state index contributed by atoms with van der Waals surface area (Å²) in [6.45, 7) is 4.75. The van der Waals surface area contributed by atoms with Crippen molar-refractivity contribution in [2.75, 3.05) is 38.3 Å². The molecule has 8 heteroatoms. The maximum absolute atomic E-state index is 13.3. The average Bonchev–Trinajstić information content (AvgIpc) is 2.79. The lowest BCUT2D eigenvalue weighted by Crippen LogP contribution is -2.36. The number of hydrogen-bond acceptors (Lipinski definition) is 7. The molecule has 30 heavy (non-hydrogen) atoms. The summed E-state index contributed by atoms with van der Waals surface area (Å²) in [4.78, 5) is 32.2. The molecule has 0 saturated carbocycles. The molecule has 0 N–H and O–H groups in total. The molecule has 0 amide bonds. The van der Waals surface area contributed by atoms with E-state index < -0.39 is 11.5 Å². The predicted molar refractivity (Wildman–Crippen MR) is 111 cm³/mol. The summed E-state index contributed by atoms with van der Waals surface area (Å²) >= 11 is 0. The summed E-state index contributed by atoms with van der Waals surface area (Å²) in [5.41, 5.74) is 2.36. The van der Waals surface area contributed by atoms with Crippen molar-refractivity contribution in [1.82, 2.24) is 9.38 Å². The molecule has 3 heterocycles. The minimum absolute atomic E-state index is 0.123. The van der Waals surface area contributed by atoms with E-state index in [0.29, 0.717) is 18.9 Å². The van der Waals surface area contributed by atoms with Gasteiger partial charge >= 0.3 is 11.5 Å². The molecule has 0 radical (unpaired) electrons. The van der Waals surface area contributed by atoms with E-state index in [1.54, 1.807) is 6.20 Å². The van der Waals surface area contributed by atoms with Crippen molar-refractivity contribution in [1.29, 1.82) is 0 Å². The number of rotatable bonds is 5. The number of carbonyl (C=O) groups excluding carboxylic acids is 1. The molecule has 1 aromatic carbocycles. The van der Waals surface area contributed by atoms with Crippen LogP contribution in [0.3, 0.4) is 0 Å². The Balaban J connectivity index is 1.81. The Hall–Kier alpha value is -3.39. The summed E-state index contributed by atoms with van der Waals surface area (Å²) in [5.74, 6) is -0.837. The Morgan fingerprint density at radius 1 is 1.20 bits per heavy atom. The number of methoxy groups -OCH3 is 1. The second kappa shape index (κ2) is 8.54. The van der Waals surface area contributed by atoms with Crippen LogP contribution < -0.4 is 15.2 Å². The second-order valence-corrected chi connectivity index (χ2v) is 7.03. The molecule has 8 nitrogen and oxygen atoms in total. The van der Waals surface area contributed by atoms with Crippen LogP contribution in [0.1, 0.15) is 21.6 Å². The first kappa shape index (κ1) is 19.9. The summed E-state index contributed by atoms with van der Waals surface area (Å²) < 4.78 is 17.5. The van der Waals surface area contributed by atoms with E-state index in [9.17, 15) is 9.59 Å². The van der Waals surface area contributed by atoms with Crippen molar-refractivity contribution in [2.24, 2.45) is 0 Å². The van der Waals surface area contributed by atoms with E-state index >= 15 is 0 Å². The van der Waals surface area contributed by atoms with Gasteiger partial charge in [0.05, 0.1) is 26.0 Å². The predicted octanol–water partition coefficient (Wildman–Crippen LogP) is 2.21. The normalized spacial score (nSPS) is 14.0. The molecule has 0 atom stereocenters. The molecule has 1 saturated heterocycles. The zero-order chi connectivity index (χ0) is 21.1. The number of morpholine rings is 1. The molecule has 0 spiro atoms. The van der Waals surface area contributed by atoms with Crippen LogP contribution in [0.2, 0.25) is 0 Å². The lowest BCUT2D eigenvalue weighted by molar-refractivity contribution is 0.0588. The van der Waals surface area contributed by atoms with Crippen LogP contribution in [0.25, 0.3) is 5.65 Å². The van der Waals surface area contributed by atoms with Gasteiger partial charge in [0.2, 0.25) is 5.75 Å². The summed E-state index contributed by atoms with van der Waals surface area (Å²) in [6, 6.07) is 11.4. The van der Waals surface area contributed by atoms with Gasteiger partial charge in [-0.1, -0.05) is 30.3 Å². The number of fused-ring (bicyclic) bond motifs is 1. The van der Waals surface area contributed by atoms with Crippen LogP contribution in [0.15, 0.2) is 47.4 Å². The number of pyridine rings is 1. The highest BCUT2D eigenvalue weighted by molar-refractivity contribution is 5.90. The molecule has 156 valence electrons. The highest BCUT2D eigenvalue weighted by Crippen LogP contribution is 2.22. The van der Waals surface area contributed by atoms with E-state index in [0.717, 1.165) is 29.9 Å². The van der Waals surface area contributed by atoms with E-state index in [1.807, 2.05) is 43.3 Å². The lowest BCUT2D eigenvalue weighted by Gasteiger charge is -2.29. The van der Waals surface area contributed by atoms with Crippen molar-refractivity contribution in [3.05, 3.63) is 69.8 Å². The molecular formula is C22H23N3O5. The molecule has 1 aliphatic rings. The van der Waals surface area contributed by atoms with Gasteiger partial charge in [0.15, 0.2) is 5.69 Å². The Morgan fingerprint density at radius 2 is 1.93 bits per heavy atom. The number of aromatic nitrogens is 2. The number of aryl methyl sites for hydroxylation is 1. The largest absolute Gasteiger partial charge is 0.481 e. The van der Waals surface area contributed by atoms with Crippen LogP contribution in [0.5, 0.6) is 5.75 Å². The maximum Gasteiger partial charge on any atom is 0.360 e. The van der Waals surface area contributed by atoms with Gasteiger partial charge in [0, 0.05) is 19.3 Å². The number of ether oxygens (including phenoxy) is 3. The first-order valence-electron chi connectivity index (χ1n) is 9.73. The van der Waals surface area contributed by atoms with Crippen molar-refractivity contribution >= 4 is 17.3 Å². The highest BCUT2D eigenvalue weighted by atomic mass is 16.5. The third-order valence-electron chi connectivity index (χ3n) is 5.03. The number of nitrogens with zero attached hydrogens (tertiary/aromatic N) is 3. The van der Waals surface area contributed by atoms with Crippen molar-refractivity contribution in [3.63, 3.8) is 0 Å². The molecule has 3 aromatic rings. The third kappa shape index (κ3) is 3.86. The summed E-state index contributed by atoms with van der Waals surface area (Å²) in [5, 5.41) is 0. The van der Waals surface area contributed by atoms with Crippen molar-refractivity contribution < 1.29 is 19.0 Å². The standard InChI is InChI=1S/C22H23N3O5/c1-15-12-17(24-8-10-29-11-9-24)13-25-20(15)23-18(22(27)28-2)19(21(25)26)30-14-16-6-4-3-5-7-16/h3-7,12-13H,8-11,14H2,1-2H3. The fourth-order valence-corrected chi connectivity index (χ4v) is 3.46. The van der Waals surface area contributed by atoms with Crippen LogP contribution in [0.4, 0.5) is 5.69 Å². The number of benzene rings is 1. The monoisotopic (exact) mass is 409 g/mol. The molecular weight excluding hydrogens is 386 g/mol. The van der Waals surface area contributed by atoms with Crippen LogP contribution in [0, 0.1) is 6.92 Å². The van der Waals surface area contributed by atoms with Crippen molar-refractivity contribution in [3.8, 4) is 5.75 Å². The molecule has 2 aromatic heterocycles. The molecule has 0 unspecified atom stereocenters. The summed E-state index contributed by atoms with van der Waals surface area (Å²) in [7, 11) is 1.25. The molecule has 1 fully saturated rings. The molecule has 1 aliphatic heterocycles. The minimum atomic E-state index is -0.714. The SMILES string of the molecule is COC(=O)c1nc2c(C)cc(N3CCOCC3)cn2c(=O)c1OCc1ccccc1. The Bertz CT molecular complexity index is 1120. The van der Waals surface area contributed by atoms with Gasteiger partial charge < -0.3 is 19.1 Å². The van der Waals surface area contributed by atoms with E-state index in [-0.39, 0.29) is 18.1 Å². The fourth-order valence-electron chi connectivity index (χ4n) is 3.46. The Morgan fingerprint density at radius 3 is 2.63 bits per heavy atom. The number of anilines is 1. The van der Waals surface area contributed by atoms with E-state index in [2.05, 4.69) is 9.88 Å². The number of hydrogen-bond donors (Lipinski definition) is 0. The van der Waals surface area contributed by atoms with Gasteiger partial charge in [-0.25, -0.2) is 9.78 Å². The first-order chi connectivity index (χ1) is 14.6. The van der Waals surface area contributed by atoms with Gasteiger partial charge in [-0.05, 0) is 24.1 Å².